The molecule has 4 nitrogen and oxygen atoms in total. The van der Waals surface area contributed by atoms with Crippen LogP contribution in [0.2, 0.25) is 0 Å². The van der Waals surface area contributed by atoms with Crippen molar-refractivity contribution in [1.82, 2.24) is 0 Å². The Hall–Kier alpha value is -2.62. The summed E-state index contributed by atoms with van der Waals surface area (Å²) in [6.45, 7) is 14.6. The molecule has 0 radical (unpaired) electrons. The highest BCUT2D eigenvalue weighted by molar-refractivity contribution is 6.07. The van der Waals surface area contributed by atoms with Crippen LogP contribution in [0.5, 0.6) is 0 Å². The first-order valence-electron chi connectivity index (χ1n) is 12.2. The number of ether oxygens (including phenoxy) is 2. The van der Waals surface area contributed by atoms with Crippen LogP contribution in [0.15, 0.2) is 58.5 Å². The van der Waals surface area contributed by atoms with Gasteiger partial charge >= 0.3 is 0 Å². The number of benzene rings is 2. The predicted molar refractivity (Wildman–Crippen MR) is 135 cm³/mol. The van der Waals surface area contributed by atoms with Crippen molar-refractivity contribution >= 4 is 11.8 Å². The van der Waals surface area contributed by atoms with Crippen molar-refractivity contribution in [3.63, 3.8) is 0 Å². The topological polar surface area (TPSA) is 43.2 Å². The molecule has 33 heavy (non-hydrogen) atoms. The van der Waals surface area contributed by atoms with E-state index in [1.165, 1.54) is 22.3 Å². The Kier molecular flexibility index (Phi) is 5.19. The number of hydrogen-bond donors (Lipinski definition) is 0. The summed E-state index contributed by atoms with van der Waals surface area (Å²) in [5.74, 6) is 1.59. The monoisotopic (exact) mass is 444 g/mol. The molecule has 0 aromatic heterocycles. The Morgan fingerprint density at radius 2 is 1.06 bits per heavy atom. The highest BCUT2D eigenvalue weighted by Gasteiger charge is 2.52. The molecule has 0 unspecified atom stereocenters. The molecule has 5 rings (SSSR count). The van der Waals surface area contributed by atoms with Gasteiger partial charge in [-0.25, -0.2) is 9.98 Å². The molecular formula is C29H36N2O2. The smallest absolute Gasteiger partial charge is 0.200 e. The van der Waals surface area contributed by atoms with E-state index in [0.29, 0.717) is 13.2 Å². The van der Waals surface area contributed by atoms with Crippen molar-refractivity contribution in [2.24, 2.45) is 26.2 Å². The fraction of sp³-hybridized carbons (Fsp3) is 0.517. The zero-order valence-electron chi connectivity index (χ0n) is 20.8. The average Bonchev–Trinajstić information content (AvgIpc) is 3.42. The van der Waals surface area contributed by atoms with Gasteiger partial charge in [-0.1, -0.05) is 90.1 Å². The Bertz CT molecular complexity index is 1030. The third-order valence-corrected chi connectivity index (χ3v) is 7.43. The summed E-state index contributed by atoms with van der Waals surface area (Å²) in [6, 6.07) is 17.7. The normalized spacial score (nSPS) is 24.1. The first-order chi connectivity index (χ1) is 15.6. The molecule has 174 valence electrons. The van der Waals surface area contributed by atoms with Crippen molar-refractivity contribution in [3.05, 3.63) is 59.7 Å². The fourth-order valence-corrected chi connectivity index (χ4v) is 5.14. The van der Waals surface area contributed by atoms with Crippen LogP contribution in [-0.2, 0) is 22.3 Å². The molecule has 2 aromatic rings. The van der Waals surface area contributed by atoms with Gasteiger partial charge in [0.15, 0.2) is 11.8 Å². The Balaban J connectivity index is 1.71. The molecule has 2 aliphatic heterocycles. The van der Waals surface area contributed by atoms with Crippen LogP contribution in [0, 0.1) is 16.2 Å². The van der Waals surface area contributed by atoms with E-state index in [9.17, 15) is 0 Å². The van der Waals surface area contributed by atoms with Gasteiger partial charge in [0.05, 0.1) is 12.1 Å². The van der Waals surface area contributed by atoms with Crippen LogP contribution in [0.1, 0.15) is 52.7 Å². The van der Waals surface area contributed by atoms with E-state index in [1.807, 2.05) is 0 Å². The second kappa shape index (κ2) is 7.72. The van der Waals surface area contributed by atoms with E-state index in [4.69, 9.17) is 19.5 Å². The molecule has 4 heteroatoms. The van der Waals surface area contributed by atoms with Gasteiger partial charge in [-0.15, -0.1) is 0 Å². The zero-order valence-corrected chi connectivity index (χ0v) is 20.8. The summed E-state index contributed by atoms with van der Waals surface area (Å²) in [5, 5.41) is 0. The minimum atomic E-state index is -0.539. The molecule has 0 N–H and O–H groups in total. The summed E-state index contributed by atoms with van der Waals surface area (Å²) >= 11 is 0. The van der Waals surface area contributed by atoms with Crippen LogP contribution in [0.4, 0.5) is 0 Å². The van der Waals surface area contributed by atoms with Gasteiger partial charge in [-0.3, -0.25) is 0 Å². The second-order valence-corrected chi connectivity index (χ2v) is 12.0. The molecule has 0 fully saturated rings. The number of rotatable bonds is 2. The van der Waals surface area contributed by atoms with Gasteiger partial charge in [0, 0.05) is 0 Å². The van der Waals surface area contributed by atoms with Crippen molar-refractivity contribution in [2.45, 2.75) is 66.5 Å². The number of aliphatic imine (C=N–C) groups is 2. The Morgan fingerprint density at radius 3 is 1.42 bits per heavy atom. The summed E-state index contributed by atoms with van der Waals surface area (Å²) in [4.78, 5) is 10.4. The molecule has 0 saturated carbocycles. The molecule has 0 saturated heterocycles. The highest BCUT2D eigenvalue weighted by atomic mass is 16.5. The number of hydrogen-bond acceptors (Lipinski definition) is 4. The molecule has 2 heterocycles. The lowest BCUT2D eigenvalue weighted by molar-refractivity contribution is 0.207. The molecule has 0 bridgehead atoms. The van der Waals surface area contributed by atoms with Gasteiger partial charge < -0.3 is 9.47 Å². The maximum Gasteiger partial charge on any atom is 0.200 e. The maximum absolute atomic E-state index is 6.44. The van der Waals surface area contributed by atoms with E-state index in [1.54, 1.807) is 0 Å². The summed E-state index contributed by atoms with van der Waals surface area (Å²) < 4.78 is 12.9. The minimum absolute atomic E-state index is 0.0375. The minimum Gasteiger partial charge on any atom is -0.478 e. The van der Waals surface area contributed by atoms with Crippen LogP contribution in [0.25, 0.3) is 11.1 Å². The van der Waals surface area contributed by atoms with E-state index >= 15 is 0 Å². The highest BCUT2D eigenvalue weighted by Crippen LogP contribution is 2.45. The third kappa shape index (κ3) is 3.88. The first-order valence-corrected chi connectivity index (χ1v) is 12.2. The van der Waals surface area contributed by atoms with Gasteiger partial charge in [0.25, 0.3) is 0 Å². The Morgan fingerprint density at radius 1 is 0.667 bits per heavy atom. The molecule has 0 amide bonds. The standard InChI is InChI=1S/C29H36N2O2/c1-27(2,3)23-17-32-25(30-23)29(26-31-24(18-33-26)28(4,5)6)15-19-11-7-9-13-21(19)22-14-10-8-12-20(22)16-29/h7-14,23-24H,15-18H2,1-6H3/t23-,24-/m1/s1. The number of nitrogens with zero attached hydrogens (tertiary/aromatic N) is 2. The third-order valence-electron chi connectivity index (χ3n) is 7.43. The van der Waals surface area contributed by atoms with Gasteiger partial charge in [0.2, 0.25) is 0 Å². The summed E-state index contributed by atoms with van der Waals surface area (Å²) in [5.41, 5.74) is 4.68. The van der Waals surface area contributed by atoms with Crippen molar-refractivity contribution in [2.75, 3.05) is 13.2 Å². The zero-order chi connectivity index (χ0) is 23.4. The van der Waals surface area contributed by atoms with E-state index in [0.717, 1.165) is 24.6 Å². The fourth-order valence-electron chi connectivity index (χ4n) is 5.14. The summed E-state index contributed by atoms with van der Waals surface area (Å²) in [7, 11) is 0. The quantitative estimate of drug-likeness (QED) is 0.560. The molecule has 0 spiro atoms. The van der Waals surface area contributed by atoms with E-state index in [-0.39, 0.29) is 22.9 Å². The number of fused-ring (bicyclic) bond motifs is 3. The lowest BCUT2D eigenvalue weighted by Gasteiger charge is -2.31. The maximum atomic E-state index is 6.44. The SMILES string of the molecule is CC(C)(C)[C@H]1COC(C2(C3=N[C@@H](C(C)(C)C)CO3)Cc3ccccc3-c3ccccc3C2)=N1. The summed E-state index contributed by atoms with van der Waals surface area (Å²) in [6.07, 6.45) is 1.53. The van der Waals surface area contributed by atoms with Crippen molar-refractivity contribution in [1.29, 1.82) is 0 Å². The van der Waals surface area contributed by atoms with E-state index < -0.39 is 5.41 Å². The first kappa shape index (κ1) is 22.2. The van der Waals surface area contributed by atoms with Crippen LogP contribution in [-0.4, -0.2) is 37.1 Å². The molecule has 2 aromatic carbocycles. The predicted octanol–water partition coefficient (Wildman–Crippen LogP) is 6.13. The van der Waals surface area contributed by atoms with Gasteiger partial charge in [0.1, 0.15) is 18.6 Å². The van der Waals surface area contributed by atoms with Crippen LogP contribution < -0.4 is 0 Å². The van der Waals surface area contributed by atoms with Crippen LogP contribution >= 0.6 is 0 Å². The van der Waals surface area contributed by atoms with Crippen molar-refractivity contribution < 1.29 is 9.47 Å². The second-order valence-electron chi connectivity index (χ2n) is 12.0. The van der Waals surface area contributed by atoms with Gasteiger partial charge in [-0.05, 0) is 45.9 Å². The molecular weight excluding hydrogens is 408 g/mol. The lowest BCUT2D eigenvalue weighted by Crippen LogP contribution is -2.43. The lowest BCUT2D eigenvalue weighted by atomic mass is 9.76. The molecule has 3 aliphatic rings. The molecule has 1 aliphatic carbocycles. The van der Waals surface area contributed by atoms with Crippen LogP contribution in [0.3, 0.4) is 0 Å². The molecule has 2 atom stereocenters. The van der Waals surface area contributed by atoms with E-state index in [2.05, 4.69) is 90.1 Å². The van der Waals surface area contributed by atoms with Gasteiger partial charge in [-0.2, -0.15) is 0 Å². The Labute approximate surface area is 198 Å². The average molecular weight is 445 g/mol. The van der Waals surface area contributed by atoms with Crippen molar-refractivity contribution in [3.8, 4) is 11.1 Å². The largest absolute Gasteiger partial charge is 0.478 e.